The van der Waals surface area contributed by atoms with Gasteiger partial charge in [-0.15, -0.1) is 0 Å². The topological polar surface area (TPSA) is 39.1 Å². The van der Waals surface area contributed by atoms with E-state index >= 15 is 0 Å². The summed E-state index contributed by atoms with van der Waals surface area (Å²) in [7, 11) is 2.00. The molecule has 0 aromatic heterocycles. The first-order chi connectivity index (χ1) is 6.38. The number of nitrogens with zero attached hydrogens (tertiary/aromatic N) is 2. The van der Waals surface area contributed by atoms with Gasteiger partial charge in [0, 0.05) is 25.6 Å². The van der Waals surface area contributed by atoms with E-state index in [-0.39, 0.29) is 0 Å². The van der Waals surface area contributed by atoms with Crippen LogP contribution in [0.4, 0.5) is 0 Å². The van der Waals surface area contributed by atoms with E-state index in [4.69, 9.17) is 5.26 Å². The van der Waals surface area contributed by atoms with Crippen molar-refractivity contribution < 1.29 is 0 Å². The zero-order valence-electron chi connectivity index (χ0n) is 8.42. The van der Waals surface area contributed by atoms with Crippen molar-refractivity contribution in [2.75, 3.05) is 26.7 Å². The molecule has 0 bridgehead atoms. The summed E-state index contributed by atoms with van der Waals surface area (Å²) in [5, 5.41) is 11.7. The van der Waals surface area contributed by atoms with Gasteiger partial charge in [-0.25, -0.2) is 0 Å². The fourth-order valence-electron chi connectivity index (χ4n) is 2.01. The van der Waals surface area contributed by atoms with Crippen LogP contribution >= 0.6 is 0 Å². The molecule has 13 heavy (non-hydrogen) atoms. The number of likely N-dealkylation sites (tertiary alicyclic amines) is 1. The summed E-state index contributed by atoms with van der Waals surface area (Å²) in [4.78, 5) is 2.45. The Morgan fingerprint density at radius 3 is 3.08 bits per heavy atom. The Balaban J connectivity index is 2.33. The Morgan fingerprint density at radius 1 is 1.54 bits per heavy atom. The number of rotatable bonds is 4. The maximum absolute atomic E-state index is 8.52. The van der Waals surface area contributed by atoms with Gasteiger partial charge < -0.3 is 5.32 Å². The maximum Gasteiger partial charge on any atom is 0.0635 e. The largest absolute Gasteiger partial charge is 0.318 e. The number of hydrogen-bond acceptors (Lipinski definition) is 3. The average Bonchev–Trinajstić information content (AvgIpc) is 2.17. The van der Waals surface area contributed by atoms with Crippen LogP contribution in [0.25, 0.3) is 0 Å². The number of likely N-dealkylation sites (N-methyl/N-ethyl adjacent to an activating group) is 1. The molecule has 0 aromatic carbocycles. The average molecular weight is 181 g/mol. The van der Waals surface area contributed by atoms with E-state index in [1.165, 1.54) is 25.8 Å². The molecule has 74 valence electrons. The van der Waals surface area contributed by atoms with Gasteiger partial charge in [-0.2, -0.15) is 5.26 Å². The Morgan fingerprint density at radius 2 is 2.38 bits per heavy atom. The second-order valence-electron chi connectivity index (χ2n) is 3.65. The van der Waals surface area contributed by atoms with E-state index in [9.17, 15) is 0 Å². The van der Waals surface area contributed by atoms with Crippen LogP contribution in [0.3, 0.4) is 0 Å². The maximum atomic E-state index is 8.52. The van der Waals surface area contributed by atoms with Crippen LogP contribution in [0.15, 0.2) is 0 Å². The zero-order chi connectivity index (χ0) is 9.52. The molecule has 0 spiro atoms. The third-order valence-electron chi connectivity index (χ3n) is 2.70. The van der Waals surface area contributed by atoms with Crippen molar-refractivity contribution in [2.45, 2.75) is 31.7 Å². The highest BCUT2D eigenvalue weighted by molar-refractivity contribution is 4.81. The van der Waals surface area contributed by atoms with Crippen molar-refractivity contribution in [2.24, 2.45) is 0 Å². The highest BCUT2D eigenvalue weighted by Crippen LogP contribution is 2.16. The van der Waals surface area contributed by atoms with Gasteiger partial charge in [-0.1, -0.05) is 6.42 Å². The molecule has 1 atom stereocenters. The highest BCUT2D eigenvalue weighted by Gasteiger charge is 2.20. The van der Waals surface area contributed by atoms with E-state index in [0.717, 1.165) is 13.1 Å². The molecule has 1 aliphatic rings. The molecule has 1 heterocycles. The van der Waals surface area contributed by atoms with Crippen molar-refractivity contribution in [3.8, 4) is 6.07 Å². The third-order valence-corrected chi connectivity index (χ3v) is 2.70. The first kappa shape index (κ1) is 10.5. The van der Waals surface area contributed by atoms with Gasteiger partial charge in [0.25, 0.3) is 0 Å². The number of piperidine rings is 1. The summed E-state index contributed by atoms with van der Waals surface area (Å²) in [5.41, 5.74) is 0. The molecule has 1 fully saturated rings. The van der Waals surface area contributed by atoms with Crippen LogP contribution in [0.2, 0.25) is 0 Å². The molecule has 1 N–H and O–H groups in total. The molecule has 1 rings (SSSR count). The lowest BCUT2D eigenvalue weighted by atomic mass is 10.0. The quantitative estimate of drug-likeness (QED) is 0.702. The SMILES string of the molecule is CNCC1CCCCN1CCC#N. The van der Waals surface area contributed by atoms with Crippen LogP contribution < -0.4 is 5.32 Å². The highest BCUT2D eigenvalue weighted by atomic mass is 15.2. The summed E-state index contributed by atoms with van der Waals surface area (Å²) < 4.78 is 0. The number of nitriles is 1. The predicted molar refractivity (Wildman–Crippen MR) is 53.4 cm³/mol. The lowest BCUT2D eigenvalue weighted by Gasteiger charge is -2.35. The summed E-state index contributed by atoms with van der Waals surface area (Å²) in [6.45, 7) is 3.18. The van der Waals surface area contributed by atoms with Gasteiger partial charge in [0.1, 0.15) is 0 Å². The van der Waals surface area contributed by atoms with Gasteiger partial charge in [0.15, 0.2) is 0 Å². The summed E-state index contributed by atoms with van der Waals surface area (Å²) in [5.74, 6) is 0. The molecule has 0 aliphatic carbocycles. The molecule has 1 aliphatic heterocycles. The van der Waals surface area contributed by atoms with Gasteiger partial charge in [-0.05, 0) is 26.4 Å². The fraction of sp³-hybridized carbons (Fsp3) is 0.900. The van der Waals surface area contributed by atoms with Crippen LogP contribution in [-0.2, 0) is 0 Å². The van der Waals surface area contributed by atoms with Crippen molar-refractivity contribution >= 4 is 0 Å². The standard InChI is InChI=1S/C10H19N3/c1-12-9-10-5-2-3-7-13(10)8-4-6-11/h10,12H,2-5,7-9H2,1H3. The Hall–Kier alpha value is -0.590. The van der Waals surface area contributed by atoms with Crippen molar-refractivity contribution in [1.29, 1.82) is 5.26 Å². The fourth-order valence-corrected chi connectivity index (χ4v) is 2.01. The number of nitrogens with one attached hydrogen (secondary N) is 1. The first-order valence-electron chi connectivity index (χ1n) is 5.14. The summed E-state index contributed by atoms with van der Waals surface area (Å²) in [6.07, 6.45) is 4.59. The van der Waals surface area contributed by atoms with Crippen molar-refractivity contribution in [3.63, 3.8) is 0 Å². The molecular weight excluding hydrogens is 162 g/mol. The Labute approximate surface area is 80.7 Å². The molecule has 3 nitrogen and oxygen atoms in total. The monoisotopic (exact) mass is 181 g/mol. The second-order valence-corrected chi connectivity index (χ2v) is 3.65. The van der Waals surface area contributed by atoms with E-state index in [1.54, 1.807) is 0 Å². The van der Waals surface area contributed by atoms with Crippen LogP contribution in [0.1, 0.15) is 25.7 Å². The van der Waals surface area contributed by atoms with E-state index in [0.29, 0.717) is 12.5 Å². The summed E-state index contributed by atoms with van der Waals surface area (Å²) >= 11 is 0. The van der Waals surface area contributed by atoms with Gasteiger partial charge in [0.05, 0.1) is 6.07 Å². The first-order valence-corrected chi connectivity index (χ1v) is 5.14. The molecule has 1 saturated heterocycles. The van der Waals surface area contributed by atoms with Gasteiger partial charge in [-0.3, -0.25) is 4.90 Å². The smallest absolute Gasteiger partial charge is 0.0635 e. The molecule has 1 unspecified atom stereocenters. The predicted octanol–water partition coefficient (Wildman–Crippen LogP) is 0.974. The Kier molecular flexibility index (Phi) is 4.81. The molecule has 3 heteroatoms. The minimum Gasteiger partial charge on any atom is -0.318 e. The van der Waals surface area contributed by atoms with Gasteiger partial charge in [0.2, 0.25) is 0 Å². The lowest BCUT2D eigenvalue weighted by molar-refractivity contribution is 0.150. The minimum atomic E-state index is 0.659. The lowest BCUT2D eigenvalue weighted by Crippen LogP contribution is -2.45. The van der Waals surface area contributed by atoms with Crippen LogP contribution in [0, 0.1) is 11.3 Å². The van der Waals surface area contributed by atoms with Crippen LogP contribution in [-0.4, -0.2) is 37.6 Å². The molecule has 0 radical (unpaired) electrons. The number of hydrogen-bond donors (Lipinski definition) is 1. The zero-order valence-corrected chi connectivity index (χ0v) is 8.42. The normalized spacial score (nSPS) is 24.2. The van der Waals surface area contributed by atoms with Crippen molar-refractivity contribution in [3.05, 3.63) is 0 Å². The van der Waals surface area contributed by atoms with E-state index in [1.807, 2.05) is 7.05 Å². The van der Waals surface area contributed by atoms with Gasteiger partial charge >= 0.3 is 0 Å². The van der Waals surface area contributed by atoms with E-state index in [2.05, 4.69) is 16.3 Å². The minimum absolute atomic E-state index is 0.659. The molecule has 0 saturated carbocycles. The Bertz CT molecular complexity index is 171. The van der Waals surface area contributed by atoms with Crippen molar-refractivity contribution in [1.82, 2.24) is 10.2 Å². The third kappa shape index (κ3) is 3.33. The van der Waals surface area contributed by atoms with E-state index < -0.39 is 0 Å². The van der Waals surface area contributed by atoms with Crippen LogP contribution in [0.5, 0.6) is 0 Å². The molecule has 0 aromatic rings. The molecule has 0 amide bonds. The second kappa shape index (κ2) is 5.95. The summed E-state index contributed by atoms with van der Waals surface area (Å²) in [6, 6.07) is 2.87. The molecular formula is C10H19N3.